The molecule has 0 aliphatic heterocycles. The van der Waals surface area contributed by atoms with E-state index in [9.17, 15) is 4.79 Å². The largest absolute Gasteiger partial charge is 0.481 e. The first-order valence-corrected chi connectivity index (χ1v) is 7.95. The molecule has 3 aromatic rings. The number of carbonyl (C=O) groups is 1. The molecule has 1 N–H and O–H groups in total. The van der Waals surface area contributed by atoms with E-state index >= 15 is 0 Å². The van der Waals surface area contributed by atoms with E-state index in [1.54, 1.807) is 0 Å². The monoisotopic (exact) mass is 314 g/mol. The van der Waals surface area contributed by atoms with Gasteiger partial charge in [-0.3, -0.25) is 9.20 Å². The van der Waals surface area contributed by atoms with Crippen LogP contribution in [0.15, 0.2) is 36.7 Å². The summed E-state index contributed by atoms with van der Waals surface area (Å²) in [6.07, 6.45) is 3.83. The third-order valence-corrected chi connectivity index (χ3v) is 4.57. The molecule has 22 heavy (non-hydrogen) atoms. The summed E-state index contributed by atoms with van der Waals surface area (Å²) in [7, 11) is 0. The predicted octanol–water partition coefficient (Wildman–Crippen LogP) is 3.99. The molecular formula is C17H18N2O2S. The fraction of sp³-hybridized carbons (Fsp3) is 0.294. The molecule has 5 heteroatoms. The maximum Gasteiger partial charge on any atom is 0.308 e. The number of carboxylic acids is 1. The van der Waals surface area contributed by atoms with Gasteiger partial charge < -0.3 is 5.11 Å². The Bertz CT molecular complexity index is 791. The van der Waals surface area contributed by atoms with Crippen molar-refractivity contribution in [2.75, 3.05) is 0 Å². The van der Waals surface area contributed by atoms with E-state index in [-0.39, 0.29) is 11.8 Å². The zero-order valence-corrected chi connectivity index (χ0v) is 13.6. The number of aliphatic carboxylic acids is 1. The molecule has 0 fully saturated rings. The normalized spacial score (nSPS) is 12.0. The van der Waals surface area contributed by atoms with Gasteiger partial charge in [-0.2, -0.15) is 0 Å². The second kappa shape index (κ2) is 5.25. The highest BCUT2D eigenvalue weighted by Gasteiger charge is 2.14. The van der Waals surface area contributed by atoms with Crippen LogP contribution in [-0.4, -0.2) is 20.5 Å². The number of imidazole rings is 1. The number of nitrogens with zero attached hydrogens (tertiary/aromatic N) is 2. The van der Waals surface area contributed by atoms with E-state index in [1.807, 2.05) is 16.8 Å². The summed E-state index contributed by atoms with van der Waals surface area (Å²) in [5, 5.41) is 8.83. The lowest BCUT2D eigenvalue weighted by Gasteiger charge is -2.18. The van der Waals surface area contributed by atoms with Crippen molar-refractivity contribution < 1.29 is 9.90 Å². The molecule has 0 aliphatic rings. The van der Waals surface area contributed by atoms with Crippen LogP contribution < -0.4 is 0 Å². The van der Waals surface area contributed by atoms with Gasteiger partial charge >= 0.3 is 5.97 Å². The van der Waals surface area contributed by atoms with E-state index in [4.69, 9.17) is 5.11 Å². The van der Waals surface area contributed by atoms with Gasteiger partial charge in [-0.05, 0) is 11.0 Å². The Kier molecular flexibility index (Phi) is 3.53. The second-order valence-electron chi connectivity index (χ2n) is 6.41. The number of hydrogen-bond acceptors (Lipinski definition) is 3. The Labute approximate surface area is 133 Å². The molecule has 0 radical (unpaired) electrons. The Hall–Kier alpha value is -2.14. The van der Waals surface area contributed by atoms with Crippen molar-refractivity contribution in [2.45, 2.75) is 32.6 Å². The third-order valence-electron chi connectivity index (χ3n) is 3.58. The molecule has 3 rings (SSSR count). The van der Waals surface area contributed by atoms with Crippen LogP contribution in [0.25, 0.3) is 16.2 Å². The lowest BCUT2D eigenvalue weighted by molar-refractivity contribution is -0.136. The Morgan fingerprint density at radius 1 is 1.23 bits per heavy atom. The minimum Gasteiger partial charge on any atom is -0.481 e. The Balaban J connectivity index is 1.90. The molecule has 0 saturated heterocycles. The maximum absolute atomic E-state index is 10.7. The minimum absolute atomic E-state index is 0.0453. The van der Waals surface area contributed by atoms with Crippen molar-refractivity contribution in [1.29, 1.82) is 0 Å². The summed E-state index contributed by atoms with van der Waals surface area (Å²) in [4.78, 5) is 17.0. The van der Waals surface area contributed by atoms with Crippen molar-refractivity contribution >= 4 is 22.3 Å². The van der Waals surface area contributed by atoms with Crippen LogP contribution in [-0.2, 0) is 16.6 Å². The lowest BCUT2D eigenvalue weighted by atomic mass is 9.86. The van der Waals surface area contributed by atoms with E-state index in [0.717, 1.165) is 21.1 Å². The number of fused-ring (bicyclic) bond motifs is 1. The maximum atomic E-state index is 10.7. The summed E-state index contributed by atoms with van der Waals surface area (Å²) >= 11 is 1.42. The summed E-state index contributed by atoms with van der Waals surface area (Å²) < 4.78 is 1.90. The standard InChI is InChI=1S/C17H18N2O2S/c1-17(2,3)12-6-4-11(5-7-12)14-10-19-9-13(8-15(20)21)22-16(19)18-14/h4-7,9-10H,8H2,1-3H3,(H,20,21). The predicted molar refractivity (Wildman–Crippen MR) is 88.5 cm³/mol. The number of aromatic nitrogens is 2. The van der Waals surface area contributed by atoms with Crippen molar-refractivity contribution in [3.63, 3.8) is 0 Å². The van der Waals surface area contributed by atoms with Crippen LogP contribution in [0.2, 0.25) is 0 Å². The third kappa shape index (κ3) is 2.90. The van der Waals surface area contributed by atoms with Crippen molar-refractivity contribution in [2.24, 2.45) is 0 Å². The highest BCUT2D eigenvalue weighted by atomic mass is 32.1. The zero-order valence-electron chi connectivity index (χ0n) is 12.8. The van der Waals surface area contributed by atoms with Gasteiger partial charge in [0.1, 0.15) is 0 Å². The van der Waals surface area contributed by atoms with E-state index in [0.29, 0.717) is 0 Å². The van der Waals surface area contributed by atoms with E-state index < -0.39 is 5.97 Å². The number of hydrogen-bond donors (Lipinski definition) is 1. The van der Waals surface area contributed by atoms with Gasteiger partial charge in [-0.15, -0.1) is 11.3 Å². The fourth-order valence-corrected chi connectivity index (χ4v) is 3.31. The van der Waals surface area contributed by atoms with Crippen LogP contribution in [0.3, 0.4) is 0 Å². The van der Waals surface area contributed by atoms with Gasteiger partial charge in [0.25, 0.3) is 0 Å². The quantitative estimate of drug-likeness (QED) is 0.795. The molecule has 0 bridgehead atoms. The van der Waals surface area contributed by atoms with Crippen molar-refractivity contribution in [3.8, 4) is 11.3 Å². The first-order chi connectivity index (χ1) is 10.3. The molecule has 0 spiro atoms. The molecule has 2 aromatic heterocycles. The summed E-state index contributed by atoms with van der Waals surface area (Å²) in [5.74, 6) is -0.817. The van der Waals surface area contributed by atoms with Gasteiger partial charge in [0.05, 0.1) is 12.1 Å². The van der Waals surface area contributed by atoms with Crippen LogP contribution >= 0.6 is 11.3 Å². The molecule has 0 atom stereocenters. The number of rotatable bonds is 3. The molecule has 0 saturated carbocycles. The highest BCUT2D eigenvalue weighted by Crippen LogP contribution is 2.27. The number of thiazole rings is 1. The molecule has 114 valence electrons. The smallest absolute Gasteiger partial charge is 0.308 e. The SMILES string of the molecule is CC(C)(C)c1ccc(-c2cn3cc(CC(=O)O)sc3n2)cc1. The first kappa shape index (κ1) is 14.8. The number of benzene rings is 1. The van der Waals surface area contributed by atoms with Crippen molar-refractivity contribution in [3.05, 3.63) is 47.1 Å². The topological polar surface area (TPSA) is 54.6 Å². The highest BCUT2D eigenvalue weighted by molar-refractivity contribution is 7.17. The second-order valence-corrected chi connectivity index (χ2v) is 7.50. The molecule has 0 unspecified atom stereocenters. The minimum atomic E-state index is -0.817. The molecule has 0 amide bonds. The van der Waals surface area contributed by atoms with Gasteiger partial charge in [-0.1, -0.05) is 45.0 Å². The molecular weight excluding hydrogens is 296 g/mol. The van der Waals surface area contributed by atoms with Crippen LogP contribution in [0.5, 0.6) is 0 Å². The van der Waals surface area contributed by atoms with E-state index in [2.05, 4.69) is 50.0 Å². The average molecular weight is 314 g/mol. The van der Waals surface area contributed by atoms with Gasteiger partial charge in [0.2, 0.25) is 0 Å². The fourth-order valence-electron chi connectivity index (χ4n) is 2.35. The molecule has 0 aliphatic carbocycles. The lowest BCUT2D eigenvalue weighted by Crippen LogP contribution is -2.10. The summed E-state index contributed by atoms with van der Waals surface area (Å²) in [5.41, 5.74) is 3.41. The van der Waals surface area contributed by atoms with Gasteiger partial charge in [0, 0.05) is 22.8 Å². The van der Waals surface area contributed by atoms with E-state index in [1.165, 1.54) is 16.9 Å². The van der Waals surface area contributed by atoms with Crippen LogP contribution in [0.1, 0.15) is 31.2 Å². The Morgan fingerprint density at radius 3 is 2.45 bits per heavy atom. The van der Waals surface area contributed by atoms with Gasteiger partial charge in [-0.25, -0.2) is 4.98 Å². The van der Waals surface area contributed by atoms with Crippen LogP contribution in [0.4, 0.5) is 0 Å². The van der Waals surface area contributed by atoms with Gasteiger partial charge in [0.15, 0.2) is 4.96 Å². The molecule has 2 heterocycles. The Morgan fingerprint density at radius 2 is 1.91 bits per heavy atom. The summed E-state index contributed by atoms with van der Waals surface area (Å²) in [6.45, 7) is 6.58. The average Bonchev–Trinajstić information content (AvgIpc) is 2.95. The summed E-state index contributed by atoms with van der Waals surface area (Å²) in [6, 6.07) is 8.45. The van der Waals surface area contributed by atoms with Crippen molar-refractivity contribution in [1.82, 2.24) is 9.38 Å². The first-order valence-electron chi connectivity index (χ1n) is 7.13. The molecule has 4 nitrogen and oxygen atoms in total. The zero-order chi connectivity index (χ0) is 15.9. The molecule has 1 aromatic carbocycles. The number of carboxylic acid groups (broad SMARTS) is 1. The van der Waals surface area contributed by atoms with Crippen LogP contribution in [0, 0.1) is 0 Å².